The van der Waals surface area contributed by atoms with Gasteiger partial charge in [-0.1, -0.05) is 12.5 Å². The van der Waals surface area contributed by atoms with Crippen molar-refractivity contribution in [1.82, 2.24) is 4.90 Å². The number of terminal acetylenes is 1. The van der Waals surface area contributed by atoms with Crippen molar-refractivity contribution in [3.63, 3.8) is 0 Å². The minimum absolute atomic E-state index is 0.138. The van der Waals surface area contributed by atoms with E-state index in [-0.39, 0.29) is 16.8 Å². The van der Waals surface area contributed by atoms with Crippen molar-refractivity contribution in [2.45, 2.75) is 6.43 Å². The Hall–Kier alpha value is -2.09. The number of hydrogen-bond donors (Lipinski definition) is 1. The SMILES string of the molecule is C#CC1=CC(C(=O)O)=CN(CC(F)F)C1=C. The second-order valence-electron chi connectivity index (χ2n) is 3.08. The molecule has 84 valence electrons. The third kappa shape index (κ3) is 2.48. The van der Waals surface area contributed by atoms with Crippen LogP contribution >= 0.6 is 0 Å². The summed E-state index contributed by atoms with van der Waals surface area (Å²) >= 11 is 0. The first kappa shape index (κ1) is 12.0. The molecule has 3 nitrogen and oxygen atoms in total. The van der Waals surface area contributed by atoms with Crippen molar-refractivity contribution in [1.29, 1.82) is 0 Å². The van der Waals surface area contributed by atoms with Gasteiger partial charge in [0, 0.05) is 17.5 Å². The number of carboxylic acid groups (broad SMARTS) is 1. The van der Waals surface area contributed by atoms with Crippen LogP contribution in [0.25, 0.3) is 0 Å². The number of carbonyl (C=O) groups is 1. The molecule has 1 heterocycles. The largest absolute Gasteiger partial charge is 0.478 e. The zero-order chi connectivity index (χ0) is 12.3. The first-order valence-electron chi connectivity index (χ1n) is 4.33. The lowest BCUT2D eigenvalue weighted by Crippen LogP contribution is -2.27. The fraction of sp³-hybridized carbons (Fsp3) is 0.182. The van der Waals surface area contributed by atoms with E-state index in [1.807, 2.05) is 0 Å². The third-order valence-electron chi connectivity index (χ3n) is 1.99. The van der Waals surface area contributed by atoms with Gasteiger partial charge in [0.05, 0.1) is 12.1 Å². The van der Waals surface area contributed by atoms with Gasteiger partial charge in [-0.05, 0) is 6.08 Å². The second kappa shape index (κ2) is 4.62. The van der Waals surface area contributed by atoms with E-state index in [9.17, 15) is 13.6 Å². The highest BCUT2D eigenvalue weighted by molar-refractivity contribution is 5.91. The smallest absolute Gasteiger partial charge is 0.337 e. The molecule has 0 aromatic rings. The van der Waals surface area contributed by atoms with Crippen LogP contribution in [0.4, 0.5) is 8.78 Å². The quantitative estimate of drug-likeness (QED) is 0.742. The molecule has 0 aliphatic carbocycles. The van der Waals surface area contributed by atoms with Gasteiger partial charge < -0.3 is 10.0 Å². The van der Waals surface area contributed by atoms with Crippen molar-refractivity contribution < 1.29 is 18.7 Å². The maximum atomic E-state index is 12.2. The van der Waals surface area contributed by atoms with E-state index >= 15 is 0 Å². The van der Waals surface area contributed by atoms with Gasteiger partial charge in [0.15, 0.2) is 0 Å². The van der Waals surface area contributed by atoms with E-state index in [1.54, 1.807) is 0 Å². The summed E-state index contributed by atoms with van der Waals surface area (Å²) < 4.78 is 24.4. The van der Waals surface area contributed by atoms with E-state index in [1.165, 1.54) is 6.08 Å². The average Bonchev–Trinajstić information content (AvgIpc) is 2.20. The molecular formula is C11H9F2NO2. The molecule has 0 amide bonds. The van der Waals surface area contributed by atoms with Gasteiger partial charge in [-0.3, -0.25) is 0 Å². The Morgan fingerprint density at radius 2 is 2.31 bits per heavy atom. The molecule has 1 rings (SSSR count). The molecule has 0 radical (unpaired) electrons. The monoisotopic (exact) mass is 225 g/mol. The number of alkyl halides is 2. The summed E-state index contributed by atoms with van der Waals surface area (Å²) in [5.41, 5.74) is 0.259. The number of halogens is 2. The molecule has 1 N–H and O–H groups in total. The molecule has 0 unspecified atom stereocenters. The Morgan fingerprint density at radius 3 is 2.75 bits per heavy atom. The molecular weight excluding hydrogens is 216 g/mol. The molecule has 1 aliphatic rings. The Labute approximate surface area is 91.4 Å². The Morgan fingerprint density at radius 1 is 1.69 bits per heavy atom. The van der Waals surface area contributed by atoms with Crippen LogP contribution in [0.15, 0.2) is 35.7 Å². The van der Waals surface area contributed by atoms with Crippen LogP contribution in [-0.2, 0) is 4.79 Å². The Balaban J connectivity index is 3.05. The third-order valence-corrected chi connectivity index (χ3v) is 1.99. The lowest BCUT2D eigenvalue weighted by Gasteiger charge is -2.26. The molecule has 0 aromatic carbocycles. The van der Waals surface area contributed by atoms with Gasteiger partial charge in [-0.25, -0.2) is 13.6 Å². The summed E-state index contributed by atoms with van der Waals surface area (Å²) in [6, 6.07) is 0. The summed E-state index contributed by atoms with van der Waals surface area (Å²) in [6.07, 6.45) is 4.86. The van der Waals surface area contributed by atoms with Gasteiger partial charge in [-0.15, -0.1) is 6.42 Å². The number of allylic oxidation sites excluding steroid dienone is 1. The highest BCUT2D eigenvalue weighted by atomic mass is 19.3. The van der Waals surface area contributed by atoms with Gasteiger partial charge in [-0.2, -0.15) is 0 Å². The lowest BCUT2D eigenvalue weighted by atomic mass is 10.1. The van der Waals surface area contributed by atoms with Crippen LogP contribution in [-0.4, -0.2) is 28.9 Å². The van der Waals surface area contributed by atoms with Crippen molar-refractivity contribution in [3.8, 4) is 12.3 Å². The number of carboxylic acids is 1. The van der Waals surface area contributed by atoms with Crippen LogP contribution in [0.1, 0.15) is 0 Å². The van der Waals surface area contributed by atoms with Crippen LogP contribution < -0.4 is 0 Å². The highest BCUT2D eigenvalue weighted by Crippen LogP contribution is 2.23. The molecule has 16 heavy (non-hydrogen) atoms. The molecule has 0 saturated heterocycles. The van der Waals surface area contributed by atoms with Crippen molar-refractivity contribution in [2.24, 2.45) is 0 Å². The van der Waals surface area contributed by atoms with Crippen LogP contribution in [0.2, 0.25) is 0 Å². The van der Waals surface area contributed by atoms with E-state index in [4.69, 9.17) is 11.5 Å². The van der Waals surface area contributed by atoms with Crippen LogP contribution in [0.5, 0.6) is 0 Å². The maximum absolute atomic E-state index is 12.2. The predicted octanol–water partition coefficient (Wildman–Crippen LogP) is 1.61. The fourth-order valence-electron chi connectivity index (χ4n) is 1.23. The second-order valence-corrected chi connectivity index (χ2v) is 3.08. The number of aliphatic carboxylic acids is 1. The molecule has 0 bridgehead atoms. The van der Waals surface area contributed by atoms with Crippen molar-refractivity contribution >= 4 is 5.97 Å². The predicted molar refractivity (Wildman–Crippen MR) is 54.5 cm³/mol. The standard InChI is InChI=1S/C11H9F2NO2/c1-3-8-4-9(11(15)16)5-14(7(8)2)6-10(12)13/h1,4-5,10H,2,6H2,(H,15,16). The van der Waals surface area contributed by atoms with Gasteiger partial charge in [0.1, 0.15) is 0 Å². The molecule has 0 atom stereocenters. The van der Waals surface area contributed by atoms with E-state index in [0.717, 1.165) is 11.1 Å². The molecule has 1 aliphatic heterocycles. The van der Waals surface area contributed by atoms with E-state index < -0.39 is 18.9 Å². The lowest BCUT2D eigenvalue weighted by molar-refractivity contribution is -0.132. The minimum atomic E-state index is -2.60. The summed E-state index contributed by atoms with van der Waals surface area (Å²) in [7, 11) is 0. The van der Waals surface area contributed by atoms with Gasteiger partial charge >= 0.3 is 5.97 Å². The summed E-state index contributed by atoms with van der Waals surface area (Å²) in [4.78, 5) is 11.8. The first-order chi connectivity index (χ1) is 7.45. The average molecular weight is 225 g/mol. The molecule has 0 aromatic heterocycles. The number of nitrogens with zero attached hydrogens (tertiary/aromatic N) is 1. The molecule has 5 heteroatoms. The van der Waals surface area contributed by atoms with Gasteiger partial charge in [0.25, 0.3) is 6.43 Å². The van der Waals surface area contributed by atoms with Crippen LogP contribution in [0.3, 0.4) is 0 Å². The maximum Gasteiger partial charge on any atom is 0.337 e. The minimum Gasteiger partial charge on any atom is -0.478 e. The zero-order valence-electron chi connectivity index (χ0n) is 8.28. The van der Waals surface area contributed by atoms with Crippen molar-refractivity contribution in [2.75, 3.05) is 6.54 Å². The van der Waals surface area contributed by atoms with Crippen LogP contribution in [0, 0.1) is 12.3 Å². The first-order valence-corrected chi connectivity index (χ1v) is 4.33. The van der Waals surface area contributed by atoms with Gasteiger partial charge in [0.2, 0.25) is 0 Å². The van der Waals surface area contributed by atoms with E-state index in [2.05, 4.69) is 12.5 Å². The summed E-state index contributed by atoms with van der Waals surface area (Å²) in [5, 5.41) is 8.76. The molecule has 0 spiro atoms. The normalized spacial score (nSPS) is 15.6. The fourth-order valence-corrected chi connectivity index (χ4v) is 1.23. The Bertz CT molecular complexity index is 430. The molecule has 0 saturated carbocycles. The topological polar surface area (TPSA) is 40.5 Å². The summed E-state index contributed by atoms with van der Waals surface area (Å²) in [6.45, 7) is 2.91. The highest BCUT2D eigenvalue weighted by Gasteiger charge is 2.21. The number of hydrogen-bond acceptors (Lipinski definition) is 2. The molecule has 0 fully saturated rings. The van der Waals surface area contributed by atoms with Crippen molar-refractivity contribution in [3.05, 3.63) is 35.7 Å². The Kier molecular flexibility index (Phi) is 3.46. The number of rotatable bonds is 3. The zero-order valence-corrected chi connectivity index (χ0v) is 8.28. The summed E-state index contributed by atoms with van der Waals surface area (Å²) in [5.74, 6) is 0.990. The van der Waals surface area contributed by atoms with E-state index in [0.29, 0.717) is 0 Å².